The molecule has 2 aromatic heterocycles. The highest BCUT2D eigenvalue weighted by atomic mass is 32.3. The van der Waals surface area contributed by atoms with Crippen LogP contribution in [0.5, 0.6) is 0 Å². The Morgan fingerprint density at radius 1 is 0.584 bits per heavy atom. The van der Waals surface area contributed by atoms with Crippen molar-refractivity contribution in [2.45, 2.75) is 89.9 Å². The third kappa shape index (κ3) is 73.2. The van der Waals surface area contributed by atoms with E-state index in [0.29, 0.717) is 33.1 Å². The molecule has 0 fully saturated rings. The summed E-state index contributed by atoms with van der Waals surface area (Å²) in [6.07, 6.45) is 6.24. The summed E-state index contributed by atoms with van der Waals surface area (Å²) in [6, 6.07) is 6.96. The molecule has 1 atom stereocenters. The van der Waals surface area contributed by atoms with Crippen LogP contribution < -0.4 is 24.4 Å². The van der Waals surface area contributed by atoms with Gasteiger partial charge in [0.1, 0.15) is 16.7 Å². The van der Waals surface area contributed by atoms with Crippen LogP contribution in [0, 0.1) is 19.1 Å². The van der Waals surface area contributed by atoms with Crippen LogP contribution in [0.15, 0.2) is 49.1 Å². The maximum absolute atomic E-state index is 10.9. The summed E-state index contributed by atoms with van der Waals surface area (Å²) < 4.78 is 144. The molecule has 0 aliphatic heterocycles. The fourth-order valence-corrected chi connectivity index (χ4v) is 6.79. The van der Waals surface area contributed by atoms with Gasteiger partial charge in [0, 0.05) is 24.3 Å². The smallest absolute Gasteiger partial charge is 0.320 e. The van der Waals surface area contributed by atoms with E-state index in [1.807, 2.05) is 76.8 Å². The second-order valence-electron chi connectivity index (χ2n) is 19.2. The summed E-state index contributed by atoms with van der Waals surface area (Å²) in [4.78, 5) is 20.9. The van der Waals surface area contributed by atoms with Crippen molar-refractivity contribution in [3.8, 4) is 0 Å². The zero-order chi connectivity index (χ0) is 59.2. The molecule has 0 aliphatic carbocycles. The number of hydrogen-bond donors (Lipinski definition) is 0. The Morgan fingerprint density at radius 3 is 1.16 bits per heavy atom. The van der Waals surface area contributed by atoms with E-state index < -0.39 is 66.3 Å². The number of rotatable bonds is 21. The molecule has 28 nitrogen and oxygen atoms in total. The number of phosphoric acid groups is 1. The summed E-state index contributed by atoms with van der Waals surface area (Å²) in [5.41, 5.74) is 2.03. The molecule has 2 rings (SSSR count). The Labute approximate surface area is 465 Å². The van der Waals surface area contributed by atoms with Gasteiger partial charge in [0.05, 0.1) is 116 Å². The number of carboxylic acids is 1. The Hall–Kier alpha value is -2.80. The van der Waals surface area contributed by atoms with Crippen molar-refractivity contribution in [1.82, 2.24) is 0 Å². The third-order valence-corrected chi connectivity index (χ3v) is 12.5. The molecule has 1 unspecified atom stereocenters. The molecular formula is C44H100N7O21PS4. The Morgan fingerprint density at radius 2 is 0.935 bits per heavy atom. The first-order chi connectivity index (χ1) is 32.3. The molecular weight excluding hydrogens is 1120 g/mol. The number of aromatic nitrogens is 2. The van der Waals surface area contributed by atoms with E-state index in [2.05, 4.69) is 17.6 Å². The number of phosphoric ester groups is 1. The van der Waals surface area contributed by atoms with Gasteiger partial charge in [0.15, 0.2) is 54.2 Å². The zero-order valence-electron chi connectivity index (χ0n) is 45.7. The van der Waals surface area contributed by atoms with Gasteiger partial charge in [-0.3, -0.25) is 9.09 Å². The minimum atomic E-state index is -4.53. The molecule has 0 N–H and O–H groups in total. The molecule has 0 aliphatic rings. The van der Waals surface area contributed by atoms with Crippen molar-refractivity contribution in [2.75, 3.05) is 136 Å². The van der Waals surface area contributed by atoms with Crippen molar-refractivity contribution in [3.05, 3.63) is 65.4 Å². The van der Waals surface area contributed by atoms with Crippen LogP contribution in [0.1, 0.15) is 75.5 Å². The van der Waals surface area contributed by atoms with Gasteiger partial charge in [-0.15, -0.1) is 0 Å². The molecule has 466 valence electrons. The molecule has 2 heterocycles. The highest BCUT2D eigenvalue weighted by molar-refractivity contribution is 7.85. The van der Waals surface area contributed by atoms with Gasteiger partial charge in [-0.25, -0.2) is 29.4 Å². The van der Waals surface area contributed by atoms with Crippen LogP contribution in [-0.2, 0) is 79.4 Å². The SMILES string of the molecule is C.C.C.C.CCOP(=O)([O-])OC[N+](C)(C)C.CC[N+](C)(C)CC(=O)[O-].CC[N+](C)(C)COS(=O)(=O)[O-].CC[N+](C)(C)CS(=O)(=O)[O-].CC[N+](C)(C)[O-].Cc1cc[n+](CS(=O)(=O)O[O-])cc1.Cc1cc[n+](CS(=O)(=O)[O-])cc1. The lowest BCUT2D eigenvalue weighted by Crippen LogP contribution is -2.47. The van der Waals surface area contributed by atoms with Crippen molar-refractivity contribution < 1.29 is 121 Å². The van der Waals surface area contributed by atoms with Gasteiger partial charge in [0.25, 0.3) is 13.7 Å². The van der Waals surface area contributed by atoms with Gasteiger partial charge >= 0.3 is 10.1 Å². The minimum absolute atomic E-state index is 0. The average molecular weight is 1220 g/mol. The highest BCUT2D eigenvalue weighted by Crippen LogP contribution is 2.38. The lowest BCUT2D eigenvalue weighted by atomic mass is 10.3. The fourth-order valence-electron chi connectivity index (χ4n) is 3.34. The second kappa shape index (κ2) is 42.1. The number of carboxylic acid groups (broad SMARTS) is 1. The predicted molar refractivity (Wildman–Crippen MR) is 287 cm³/mol. The first-order valence-corrected chi connectivity index (χ1v) is 29.4. The Kier molecular flexibility index (Phi) is 51.1. The molecule has 0 spiro atoms. The van der Waals surface area contributed by atoms with Crippen LogP contribution >= 0.6 is 7.82 Å². The summed E-state index contributed by atoms with van der Waals surface area (Å²) >= 11 is 0. The maximum Gasteiger partial charge on any atom is 0.320 e. The van der Waals surface area contributed by atoms with Crippen LogP contribution in [0.25, 0.3) is 0 Å². The fraction of sp³-hybridized carbons (Fsp3) is 0.750. The molecule has 33 heteroatoms. The Balaban J connectivity index is -0.000000100. The average Bonchev–Trinajstić information content (AvgIpc) is 3.20. The number of carbonyl (C=O) groups is 1. The number of pyridine rings is 2. The molecule has 0 bridgehead atoms. The monoisotopic (exact) mass is 1220 g/mol. The van der Waals surface area contributed by atoms with Gasteiger partial charge in [-0.2, -0.15) is 17.6 Å². The maximum atomic E-state index is 10.9. The van der Waals surface area contributed by atoms with E-state index in [0.717, 1.165) is 17.7 Å². The van der Waals surface area contributed by atoms with E-state index >= 15 is 0 Å². The summed E-state index contributed by atoms with van der Waals surface area (Å²) in [6.45, 7) is 15.9. The van der Waals surface area contributed by atoms with E-state index in [-0.39, 0.29) is 71.3 Å². The van der Waals surface area contributed by atoms with Crippen molar-refractivity contribution in [2.24, 2.45) is 0 Å². The highest BCUT2D eigenvalue weighted by Gasteiger charge is 2.17. The van der Waals surface area contributed by atoms with E-state index in [4.69, 9.17) is 0 Å². The normalized spacial score (nSPS) is 12.4. The first-order valence-electron chi connectivity index (χ1n) is 21.9. The summed E-state index contributed by atoms with van der Waals surface area (Å²) in [5, 5.41) is 30.2. The van der Waals surface area contributed by atoms with Gasteiger partial charge in [-0.05, 0) is 59.6 Å². The molecule has 77 heavy (non-hydrogen) atoms. The van der Waals surface area contributed by atoms with Crippen molar-refractivity contribution in [1.29, 1.82) is 0 Å². The summed E-state index contributed by atoms with van der Waals surface area (Å²) in [7, 11) is -1.43. The quantitative estimate of drug-likeness (QED) is 0.0230. The van der Waals surface area contributed by atoms with E-state index in [9.17, 15) is 77.2 Å². The number of carbonyl (C=O) groups excluding carboxylic acids is 1. The van der Waals surface area contributed by atoms with Gasteiger partial charge < -0.3 is 70.4 Å². The second-order valence-corrected chi connectivity index (χ2v) is 25.9. The molecule has 0 radical (unpaired) electrons. The molecule has 0 saturated carbocycles. The van der Waals surface area contributed by atoms with Crippen LogP contribution in [0.4, 0.5) is 0 Å². The van der Waals surface area contributed by atoms with Crippen LogP contribution in [0.3, 0.4) is 0 Å². The summed E-state index contributed by atoms with van der Waals surface area (Å²) in [5.74, 6) is -2.28. The standard InChI is InChI=1S/C7H9NO4S.C7H9NO3S.C6H16NO4P.C6H13NO2.C5H13NO4S.C5H13NO3S.C4H11NO.4CH4/c1-7-2-4-8(5-3-7)6-13(10,11)12-9;1-7-2-4-8(5-3-7)6-12(9,10)11;1-5-10-12(8,9)11-6-7(2,3)4;1-4-7(2,3)5-6(8)9;1-4-6(2,3)5-10-11(7,8)9;1-4-6(2,3)5-10(7,8)9;1-4-5(2,3)6;;;;/h2-5H,6H2,1H3;2-5H,6H2,1H3;5-6H2,1-4H3;4-5H2,1-3H3;4-5H2,1-3H3;4-5H2,1-3H3;4H2,1-3H3;4*1H4. The third-order valence-electron chi connectivity index (χ3n) is 8.67. The lowest BCUT2D eigenvalue weighted by molar-refractivity contribution is -0.904. The zero-order valence-corrected chi connectivity index (χ0v) is 49.8. The number of hydroxylamine groups is 3. The number of hydrogen-bond acceptors (Lipinski definition) is 21. The van der Waals surface area contributed by atoms with E-state index in [1.165, 1.54) is 9.13 Å². The Bertz CT molecular complexity index is 2330. The molecule has 2 aromatic rings. The number of aryl methyl sites for hydroxylation is 2. The topological polar surface area (TPSA) is 377 Å². The molecule has 0 aromatic carbocycles. The minimum Gasteiger partial charge on any atom is -0.756 e. The van der Waals surface area contributed by atoms with Gasteiger partial charge in [0.2, 0.25) is 16.3 Å². The van der Waals surface area contributed by atoms with Crippen LogP contribution in [0.2, 0.25) is 0 Å². The van der Waals surface area contributed by atoms with Crippen molar-refractivity contribution in [3.63, 3.8) is 0 Å². The molecule has 0 saturated heterocycles. The number of aliphatic carboxylic acids is 1. The lowest BCUT2D eigenvalue weighted by Gasteiger charge is -2.31. The predicted octanol–water partition coefficient (Wildman–Crippen LogP) is -0.122. The van der Waals surface area contributed by atoms with Gasteiger partial charge in [-0.1, -0.05) is 29.7 Å². The van der Waals surface area contributed by atoms with E-state index in [1.54, 1.807) is 98.3 Å². The number of quaternary nitrogens is 5. The first kappa shape index (κ1) is 93.5. The number of likely N-dealkylation sites (N-methyl/N-ethyl adjacent to an activating group) is 1. The van der Waals surface area contributed by atoms with Crippen LogP contribution in [-0.4, -0.2) is 212 Å². The van der Waals surface area contributed by atoms with Crippen molar-refractivity contribution >= 4 is 54.5 Å². The number of nitrogens with zero attached hydrogens (tertiary/aromatic N) is 7. The largest absolute Gasteiger partial charge is 0.756 e. The molecule has 0 amide bonds.